The molecule has 98 valence electrons. The van der Waals surface area contributed by atoms with Gasteiger partial charge >= 0.3 is 0 Å². The number of nitrogens with zero attached hydrogens (tertiary/aromatic N) is 1. The molecule has 0 aliphatic heterocycles. The van der Waals surface area contributed by atoms with Gasteiger partial charge in [0, 0.05) is 17.8 Å². The highest BCUT2D eigenvalue weighted by molar-refractivity contribution is 5.62. The molecule has 2 rings (SSSR count). The van der Waals surface area contributed by atoms with Crippen molar-refractivity contribution in [2.45, 2.75) is 13.0 Å². The van der Waals surface area contributed by atoms with Crippen molar-refractivity contribution in [1.29, 1.82) is 0 Å². The molecule has 0 heterocycles. The number of nitrogen functional groups attached to an aromatic ring is 1. The Morgan fingerprint density at radius 2 is 1.79 bits per heavy atom. The van der Waals surface area contributed by atoms with E-state index in [1.54, 1.807) is 18.2 Å². The molecule has 0 fully saturated rings. The second-order valence-electron chi connectivity index (χ2n) is 4.31. The van der Waals surface area contributed by atoms with Gasteiger partial charge < -0.3 is 11.1 Å². The average Bonchev–Trinajstić information content (AvgIpc) is 2.39. The SMILES string of the molecule is CC(Nc1ccccc1[N+](=O)[O-])c1ccc(N)cc1. The lowest BCUT2D eigenvalue weighted by atomic mass is 10.1. The summed E-state index contributed by atoms with van der Waals surface area (Å²) in [6.07, 6.45) is 0. The number of anilines is 2. The zero-order valence-electron chi connectivity index (χ0n) is 10.5. The van der Waals surface area contributed by atoms with E-state index in [0.717, 1.165) is 5.56 Å². The molecule has 0 radical (unpaired) electrons. The van der Waals surface area contributed by atoms with Gasteiger partial charge in [0.15, 0.2) is 0 Å². The van der Waals surface area contributed by atoms with E-state index in [-0.39, 0.29) is 11.7 Å². The third-order valence-electron chi connectivity index (χ3n) is 2.91. The quantitative estimate of drug-likeness (QED) is 0.500. The summed E-state index contributed by atoms with van der Waals surface area (Å²) in [6.45, 7) is 1.95. The van der Waals surface area contributed by atoms with Crippen LogP contribution >= 0.6 is 0 Å². The van der Waals surface area contributed by atoms with Gasteiger partial charge in [0.2, 0.25) is 0 Å². The van der Waals surface area contributed by atoms with Crippen LogP contribution in [0.4, 0.5) is 17.1 Å². The Balaban J connectivity index is 2.21. The van der Waals surface area contributed by atoms with Crippen molar-refractivity contribution in [3.05, 3.63) is 64.2 Å². The number of benzene rings is 2. The molecule has 2 aromatic carbocycles. The highest BCUT2D eigenvalue weighted by Crippen LogP contribution is 2.27. The third-order valence-corrected chi connectivity index (χ3v) is 2.91. The Morgan fingerprint density at radius 1 is 1.16 bits per heavy atom. The van der Waals surface area contributed by atoms with Crippen LogP contribution in [0.15, 0.2) is 48.5 Å². The van der Waals surface area contributed by atoms with E-state index in [9.17, 15) is 10.1 Å². The molecule has 1 unspecified atom stereocenters. The van der Waals surface area contributed by atoms with E-state index >= 15 is 0 Å². The van der Waals surface area contributed by atoms with Crippen LogP contribution in [-0.2, 0) is 0 Å². The van der Waals surface area contributed by atoms with Crippen LogP contribution in [0.1, 0.15) is 18.5 Å². The molecule has 0 spiro atoms. The fourth-order valence-electron chi connectivity index (χ4n) is 1.86. The number of hydrogen-bond acceptors (Lipinski definition) is 4. The zero-order valence-corrected chi connectivity index (χ0v) is 10.5. The maximum atomic E-state index is 10.9. The van der Waals surface area contributed by atoms with Crippen LogP contribution in [0.3, 0.4) is 0 Å². The van der Waals surface area contributed by atoms with Gasteiger partial charge in [-0.05, 0) is 30.7 Å². The highest BCUT2D eigenvalue weighted by atomic mass is 16.6. The molecule has 0 saturated heterocycles. The number of para-hydroxylation sites is 2. The lowest BCUT2D eigenvalue weighted by Crippen LogP contribution is -2.08. The summed E-state index contributed by atoms with van der Waals surface area (Å²) < 4.78 is 0. The first-order valence-corrected chi connectivity index (χ1v) is 5.93. The van der Waals surface area contributed by atoms with Crippen LogP contribution in [0, 0.1) is 10.1 Å². The van der Waals surface area contributed by atoms with E-state index in [4.69, 9.17) is 5.73 Å². The van der Waals surface area contributed by atoms with Crippen molar-refractivity contribution in [1.82, 2.24) is 0 Å². The molecule has 2 aromatic rings. The van der Waals surface area contributed by atoms with E-state index in [1.807, 2.05) is 31.2 Å². The third kappa shape index (κ3) is 3.01. The van der Waals surface area contributed by atoms with Crippen LogP contribution in [0.25, 0.3) is 0 Å². The van der Waals surface area contributed by atoms with Gasteiger partial charge in [-0.2, -0.15) is 0 Å². The predicted molar refractivity (Wildman–Crippen MR) is 76.0 cm³/mol. The lowest BCUT2D eigenvalue weighted by Gasteiger charge is -2.15. The smallest absolute Gasteiger partial charge is 0.292 e. The molecule has 5 nitrogen and oxygen atoms in total. The topological polar surface area (TPSA) is 81.2 Å². The predicted octanol–water partition coefficient (Wildman–Crippen LogP) is 3.35. The molecule has 0 aromatic heterocycles. The van der Waals surface area contributed by atoms with Crippen molar-refractivity contribution < 1.29 is 4.92 Å². The van der Waals surface area contributed by atoms with Crippen molar-refractivity contribution >= 4 is 17.1 Å². The first kappa shape index (κ1) is 12.9. The summed E-state index contributed by atoms with van der Waals surface area (Å²) in [5, 5.41) is 14.1. The summed E-state index contributed by atoms with van der Waals surface area (Å²) in [6, 6.07) is 14.0. The Hall–Kier alpha value is -2.56. The number of nitrogens with two attached hydrogens (primary N) is 1. The Bertz CT molecular complexity index is 581. The van der Waals surface area contributed by atoms with Crippen molar-refractivity contribution in [2.24, 2.45) is 0 Å². The zero-order chi connectivity index (χ0) is 13.8. The van der Waals surface area contributed by atoms with E-state index in [0.29, 0.717) is 11.4 Å². The van der Waals surface area contributed by atoms with Crippen LogP contribution < -0.4 is 11.1 Å². The molecular formula is C14H15N3O2. The maximum absolute atomic E-state index is 10.9. The van der Waals surface area contributed by atoms with Gasteiger partial charge in [-0.1, -0.05) is 24.3 Å². The largest absolute Gasteiger partial charge is 0.399 e. The molecular weight excluding hydrogens is 242 g/mol. The van der Waals surface area contributed by atoms with Gasteiger partial charge in [0.1, 0.15) is 5.69 Å². The molecule has 0 aliphatic carbocycles. The normalized spacial score (nSPS) is 11.8. The molecule has 19 heavy (non-hydrogen) atoms. The fraction of sp³-hybridized carbons (Fsp3) is 0.143. The van der Waals surface area contributed by atoms with Crippen molar-refractivity contribution in [3.8, 4) is 0 Å². The van der Waals surface area contributed by atoms with Gasteiger partial charge in [-0.25, -0.2) is 0 Å². The van der Waals surface area contributed by atoms with E-state index < -0.39 is 4.92 Å². The number of nitrogens with one attached hydrogen (secondary N) is 1. The van der Waals surface area contributed by atoms with Gasteiger partial charge in [0.05, 0.1) is 4.92 Å². The summed E-state index contributed by atoms with van der Waals surface area (Å²) in [7, 11) is 0. The minimum atomic E-state index is -0.391. The standard InChI is InChI=1S/C14H15N3O2/c1-10(11-6-8-12(15)9-7-11)16-13-4-2-3-5-14(13)17(18)19/h2-10,16H,15H2,1H3. The van der Waals surface area contributed by atoms with Crippen LogP contribution in [-0.4, -0.2) is 4.92 Å². The van der Waals surface area contributed by atoms with Gasteiger partial charge in [-0.3, -0.25) is 10.1 Å². The van der Waals surface area contributed by atoms with Crippen molar-refractivity contribution in [2.75, 3.05) is 11.1 Å². The molecule has 0 amide bonds. The summed E-state index contributed by atoms with van der Waals surface area (Å²) in [4.78, 5) is 10.5. The average molecular weight is 257 g/mol. The molecule has 0 bridgehead atoms. The van der Waals surface area contributed by atoms with Crippen molar-refractivity contribution in [3.63, 3.8) is 0 Å². The summed E-state index contributed by atoms with van der Waals surface area (Å²) in [5.74, 6) is 0. The number of nitro groups is 1. The van der Waals surface area contributed by atoms with E-state index in [1.165, 1.54) is 6.07 Å². The summed E-state index contributed by atoms with van der Waals surface area (Å²) >= 11 is 0. The summed E-state index contributed by atoms with van der Waals surface area (Å²) in [5.41, 5.74) is 7.94. The minimum Gasteiger partial charge on any atom is -0.399 e. The van der Waals surface area contributed by atoms with Crippen LogP contribution in [0.5, 0.6) is 0 Å². The highest BCUT2D eigenvalue weighted by Gasteiger charge is 2.14. The first-order valence-electron chi connectivity index (χ1n) is 5.93. The Labute approximate surface area is 111 Å². The fourth-order valence-corrected chi connectivity index (χ4v) is 1.86. The molecule has 5 heteroatoms. The maximum Gasteiger partial charge on any atom is 0.292 e. The minimum absolute atomic E-state index is 0.0401. The second-order valence-corrected chi connectivity index (χ2v) is 4.31. The first-order chi connectivity index (χ1) is 9.08. The number of hydrogen-bond donors (Lipinski definition) is 2. The van der Waals surface area contributed by atoms with E-state index in [2.05, 4.69) is 5.32 Å². The van der Waals surface area contributed by atoms with Gasteiger partial charge in [-0.15, -0.1) is 0 Å². The molecule has 0 aliphatic rings. The molecule has 1 atom stereocenters. The monoisotopic (exact) mass is 257 g/mol. The number of rotatable bonds is 4. The molecule has 0 saturated carbocycles. The van der Waals surface area contributed by atoms with Gasteiger partial charge in [0.25, 0.3) is 5.69 Å². The Morgan fingerprint density at radius 3 is 2.42 bits per heavy atom. The van der Waals surface area contributed by atoms with Crippen LogP contribution in [0.2, 0.25) is 0 Å². The molecule has 3 N–H and O–H groups in total. The number of nitro benzene ring substituents is 1. The Kier molecular flexibility index (Phi) is 3.66. The second kappa shape index (κ2) is 5.39. The lowest BCUT2D eigenvalue weighted by molar-refractivity contribution is -0.384.